The highest BCUT2D eigenvalue weighted by atomic mass is 35.5. The highest BCUT2D eigenvalue weighted by Gasteiger charge is 2.27. The van der Waals surface area contributed by atoms with Gasteiger partial charge in [-0.1, -0.05) is 48.0 Å². The topological polar surface area (TPSA) is 37.6 Å². The number of amides is 1. The second-order valence-corrected chi connectivity index (χ2v) is 8.06. The molecule has 0 bridgehead atoms. The van der Waals surface area contributed by atoms with E-state index < -0.39 is 0 Å². The van der Waals surface area contributed by atoms with Crippen molar-refractivity contribution >= 4 is 35.5 Å². The molecular formula is C26H28ClN3O. The molecule has 1 amide bonds. The molecule has 4 aromatic rings. The monoisotopic (exact) mass is 433 g/mol. The Hall–Kier alpha value is -3.11. The Bertz CT molecular complexity index is 1270. The molecule has 0 aliphatic heterocycles. The maximum absolute atomic E-state index is 13.1. The maximum atomic E-state index is 13.1. The van der Waals surface area contributed by atoms with Crippen LogP contribution in [0.2, 0.25) is 0 Å². The van der Waals surface area contributed by atoms with Gasteiger partial charge in [0.05, 0.1) is 5.69 Å². The third-order valence-corrected chi connectivity index (χ3v) is 5.64. The minimum Gasteiger partial charge on any atom is -0.282 e. The van der Waals surface area contributed by atoms with E-state index in [4.69, 9.17) is 4.98 Å². The lowest BCUT2D eigenvalue weighted by Gasteiger charge is -2.26. The summed E-state index contributed by atoms with van der Waals surface area (Å²) in [4.78, 5) is 19.9. The molecule has 31 heavy (non-hydrogen) atoms. The Labute approximate surface area is 190 Å². The number of imidazole rings is 1. The van der Waals surface area contributed by atoms with Crippen LogP contribution in [0.5, 0.6) is 0 Å². The van der Waals surface area contributed by atoms with Crippen molar-refractivity contribution < 1.29 is 4.79 Å². The third kappa shape index (κ3) is 3.84. The number of carbonyl (C=O) groups excluding carboxylic acids is 1. The number of hydrogen-bond acceptors (Lipinski definition) is 2. The van der Waals surface area contributed by atoms with Gasteiger partial charge in [-0.3, -0.25) is 14.1 Å². The van der Waals surface area contributed by atoms with Crippen LogP contribution < -0.4 is 4.90 Å². The van der Waals surface area contributed by atoms with Crippen molar-refractivity contribution in [3.8, 4) is 11.3 Å². The van der Waals surface area contributed by atoms with Gasteiger partial charge in [0.1, 0.15) is 11.3 Å². The molecule has 0 fully saturated rings. The van der Waals surface area contributed by atoms with E-state index in [9.17, 15) is 4.79 Å². The average molecular weight is 434 g/mol. The first-order chi connectivity index (χ1) is 14.3. The summed E-state index contributed by atoms with van der Waals surface area (Å²) in [6.07, 6.45) is 0. The number of carbonyl (C=O) groups is 1. The van der Waals surface area contributed by atoms with Crippen LogP contribution >= 0.6 is 12.4 Å². The zero-order chi connectivity index (χ0) is 21.6. The lowest BCUT2D eigenvalue weighted by Crippen LogP contribution is -2.26. The van der Waals surface area contributed by atoms with Gasteiger partial charge < -0.3 is 0 Å². The molecule has 0 N–H and O–H groups in total. The molecule has 4 nitrogen and oxygen atoms in total. The van der Waals surface area contributed by atoms with Gasteiger partial charge in [-0.05, 0) is 63.4 Å². The van der Waals surface area contributed by atoms with E-state index in [1.54, 1.807) is 6.92 Å². The molecule has 0 aliphatic carbocycles. The molecule has 0 radical (unpaired) electrons. The number of aryl methyl sites for hydroxylation is 5. The summed E-state index contributed by atoms with van der Waals surface area (Å²) in [5.41, 5.74) is 9.09. The summed E-state index contributed by atoms with van der Waals surface area (Å²) < 4.78 is 2.09. The van der Waals surface area contributed by atoms with Gasteiger partial charge in [-0.15, -0.1) is 12.4 Å². The lowest BCUT2D eigenvalue weighted by molar-refractivity contribution is -0.115. The Kier molecular flexibility index (Phi) is 6.23. The van der Waals surface area contributed by atoms with Gasteiger partial charge in [0.15, 0.2) is 5.82 Å². The van der Waals surface area contributed by atoms with Gasteiger partial charge in [0.25, 0.3) is 0 Å². The van der Waals surface area contributed by atoms with Gasteiger partial charge in [-0.25, -0.2) is 4.98 Å². The Morgan fingerprint density at radius 1 is 0.871 bits per heavy atom. The summed E-state index contributed by atoms with van der Waals surface area (Å²) in [5.74, 6) is 0.753. The smallest absolute Gasteiger partial charge is 0.229 e. The number of nitrogens with zero attached hydrogens (tertiary/aromatic N) is 3. The normalized spacial score (nSPS) is 10.8. The Morgan fingerprint density at radius 3 is 2.13 bits per heavy atom. The molecule has 2 heterocycles. The van der Waals surface area contributed by atoms with E-state index in [-0.39, 0.29) is 18.3 Å². The summed E-state index contributed by atoms with van der Waals surface area (Å²) in [6.45, 7) is 11.9. The maximum Gasteiger partial charge on any atom is 0.229 e. The zero-order valence-electron chi connectivity index (χ0n) is 18.9. The summed E-state index contributed by atoms with van der Waals surface area (Å²) in [6, 6.07) is 18.5. The molecule has 4 rings (SSSR count). The van der Waals surface area contributed by atoms with Crippen molar-refractivity contribution in [2.24, 2.45) is 0 Å². The van der Waals surface area contributed by atoms with Gasteiger partial charge in [0, 0.05) is 18.2 Å². The molecule has 2 aromatic carbocycles. The second kappa shape index (κ2) is 8.56. The SMILES string of the molecule is CC(=O)N(c1c(C)cccc1C)c1c(-c2ccc(C)cc2C)nc2cccc(C)n12.Cl. The fraction of sp³-hybridized carbons (Fsp3) is 0.231. The Morgan fingerprint density at radius 2 is 1.52 bits per heavy atom. The summed E-state index contributed by atoms with van der Waals surface area (Å²) >= 11 is 0. The number of aromatic nitrogens is 2. The number of fused-ring (bicyclic) bond motifs is 1. The fourth-order valence-electron chi connectivity index (χ4n) is 4.27. The van der Waals surface area contributed by atoms with Crippen molar-refractivity contribution in [1.82, 2.24) is 9.38 Å². The van der Waals surface area contributed by atoms with E-state index in [1.807, 2.05) is 62.1 Å². The first-order valence-corrected chi connectivity index (χ1v) is 10.2. The van der Waals surface area contributed by atoms with Crippen molar-refractivity contribution in [3.05, 3.63) is 82.5 Å². The number of pyridine rings is 1. The Balaban J connectivity index is 0.00000272. The number of halogens is 1. The lowest BCUT2D eigenvalue weighted by atomic mass is 10.0. The van der Waals surface area contributed by atoms with Crippen molar-refractivity contribution in [1.29, 1.82) is 0 Å². The summed E-state index contributed by atoms with van der Waals surface area (Å²) in [5, 5.41) is 0. The quantitative estimate of drug-likeness (QED) is 0.362. The van der Waals surface area contributed by atoms with Crippen molar-refractivity contribution in [2.75, 3.05) is 4.90 Å². The van der Waals surface area contributed by atoms with Gasteiger partial charge >= 0.3 is 0 Å². The molecule has 0 aliphatic rings. The molecule has 160 valence electrons. The predicted molar refractivity (Wildman–Crippen MR) is 131 cm³/mol. The molecule has 5 heteroatoms. The van der Waals surface area contributed by atoms with Crippen molar-refractivity contribution in [2.45, 2.75) is 41.5 Å². The highest BCUT2D eigenvalue weighted by Crippen LogP contribution is 2.40. The standard InChI is InChI=1S/C26H27N3O.ClH/c1-16-13-14-22(19(4)15-16)24-26(28-20(5)11-8-12-23(28)27-24)29(21(6)30)25-17(2)9-7-10-18(25)3;/h7-15H,1-6H3;1H. The van der Waals surface area contributed by atoms with Crippen LogP contribution in [-0.2, 0) is 4.79 Å². The number of hydrogen-bond donors (Lipinski definition) is 0. The van der Waals surface area contributed by atoms with E-state index in [1.165, 1.54) is 5.56 Å². The van der Waals surface area contributed by atoms with Gasteiger partial charge in [0.2, 0.25) is 5.91 Å². The highest BCUT2D eigenvalue weighted by molar-refractivity contribution is 6.03. The zero-order valence-corrected chi connectivity index (χ0v) is 19.7. The predicted octanol–water partition coefficient (Wildman–Crippen LogP) is 6.65. The molecular weight excluding hydrogens is 406 g/mol. The number of benzene rings is 2. The molecule has 0 saturated carbocycles. The van der Waals surface area contributed by atoms with Crippen LogP contribution in [0.1, 0.15) is 34.9 Å². The molecule has 0 unspecified atom stereocenters. The third-order valence-electron chi connectivity index (χ3n) is 5.64. The molecule has 0 saturated heterocycles. The van der Waals surface area contributed by atoms with Crippen LogP contribution in [0, 0.1) is 34.6 Å². The van der Waals surface area contributed by atoms with Crippen LogP contribution in [0.4, 0.5) is 11.5 Å². The summed E-state index contributed by atoms with van der Waals surface area (Å²) in [7, 11) is 0. The van der Waals surface area contributed by atoms with Crippen LogP contribution in [0.3, 0.4) is 0 Å². The van der Waals surface area contributed by atoms with Crippen LogP contribution in [0.15, 0.2) is 54.6 Å². The van der Waals surface area contributed by atoms with E-state index >= 15 is 0 Å². The first kappa shape index (κ1) is 22.6. The first-order valence-electron chi connectivity index (χ1n) is 10.2. The molecule has 0 atom stereocenters. The molecule has 0 spiro atoms. The second-order valence-electron chi connectivity index (χ2n) is 8.06. The van der Waals surface area contributed by atoms with Crippen LogP contribution in [-0.4, -0.2) is 15.3 Å². The average Bonchev–Trinajstić information content (AvgIpc) is 3.04. The number of rotatable bonds is 3. The van der Waals surface area contributed by atoms with Crippen molar-refractivity contribution in [3.63, 3.8) is 0 Å². The number of anilines is 2. The number of para-hydroxylation sites is 1. The minimum atomic E-state index is -0.0385. The van der Waals surface area contributed by atoms with Crippen LogP contribution in [0.25, 0.3) is 16.9 Å². The van der Waals surface area contributed by atoms with E-state index in [0.717, 1.165) is 50.8 Å². The van der Waals surface area contributed by atoms with E-state index in [2.05, 4.69) is 36.4 Å². The van der Waals surface area contributed by atoms with E-state index in [0.29, 0.717) is 0 Å². The minimum absolute atomic E-state index is 0. The fourth-order valence-corrected chi connectivity index (χ4v) is 4.27. The molecule has 2 aromatic heterocycles. The largest absolute Gasteiger partial charge is 0.282 e. The van der Waals surface area contributed by atoms with Gasteiger partial charge in [-0.2, -0.15) is 0 Å².